The lowest BCUT2D eigenvalue weighted by Gasteiger charge is -2.14. The third-order valence-corrected chi connectivity index (χ3v) is 3.41. The second-order valence-corrected chi connectivity index (χ2v) is 4.75. The molecule has 0 aromatic carbocycles. The number of rotatable bonds is 6. The molecule has 0 saturated heterocycles. The highest BCUT2D eigenvalue weighted by Crippen LogP contribution is 2.17. The van der Waals surface area contributed by atoms with E-state index in [1.165, 1.54) is 0 Å². The van der Waals surface area contributed by atoms with Crippen molar-refractivity contribution in [3.05, 3.63) is 48.0 Å². The van der Waals surface area contributed by atoms with Gasteiger partial charge in [0, 0.05) is 31.1 Å². The standard InChI is InChI=1S/C14H21N5/c1-3-11(2)19-8-6-13(18-19)9-14(17-15)12-5-4-7-16-10-12/h4-8,10-11,14,17H,3,9,15H2,1-2H3. The zero-order chi connectivity index (χ0) is 13.7. The maximum Gasteiger partial charge on any atom is 0.0644 e. The first-order chi connectivity index (χ1) is 9.24. The van der Waals surface area contributed by atoms with Crippen molar-refractivity contribution in [1.82, 2.24) is 20.2 Å². The predicted octanol–water partition coefficient (Wildman–Crippen LogP) is 2.00. The minimum absolute atomic E-state index is 0.0361. The van der Waals surface area contributed by atoms with E-state index in [1.54, 1.807) is 6.20 Å². The van der Waals surface area contributed by atoms with Gasteiger partial charge in [0.05, 0.1) is 11.7 Å². The molecule has 5 nitrogen and oxygen atoms in total. The molecule has 5 heteroatoms. The van der Waals surface area contributed by atoms with Crippen LogP contribution in [0.1, 0.15) is 43.6 Å². The lowest BCUT2D eigenvalue weighted by atomic mass is 10.1. The molecule has 0 aliphatic carbocycles. The van der Waals surface area contributed by atoms with Crippen LogP contribution in [0.3, 0.4) is 0 Å². The maximum atomic E-state index is 5.63. The van der Waals surface area contributed by atoms with E-state index in [-0.39, 0.29) is 6.04 Å². The highest BCUT2D eigenvalue weighted by Gasteiger charge is 2.13. The third kappa shape index (κ3) is 3.39. The van der Waals surface area contributed by atoms with Crippen LogP contribution in [0.2, 0.25) is 0 Å². The zero-order valence-electron chi connectivity index (χ0n) is 11.5. The van der Waals surface area contributed by atoms with Crippen LogP contribution in [-0.2, 0) is 6.42 Å². The van der Waals surface area contributed by atoms with Crippen LogP contribution in [0, 0.1) is 0 Å². The molecule has 102 valence electrons. The Labute approximate surface area is 113 Å². The number of nitrogens with zero attached hydrogens (tertiary/aromatic N) is 3. The van der Waals surface area contributed by atoms with E-state index in [1.807, 2.05) is 35.3 Å². The Kier molecular flexibility index (Phi) is 4.65. The van der Waals surface area contributed by atoms with E-state index in [4.69, 9.17) is 5.84 Å². The molecule has 0 fully saturated rings. The highest BCUT2D eigenvalue weighted by molar-refractivity contribution is 5.16. The molecule has 19 heavy (non-hydrogen) atoms. The molecule has 0 aliphatic rings. The molecule has 0 spiro atoms. The van der Waals surface area contributed by atoms with Gasteiger partial charge in [-0.15, -0.1) is 0 Å². The summed E-state index contributed by atoms with van der Waals surface area (Å²) in [5, 5.41) is 4.59. The fraction of sp³-hybridized carbons (Fsp3) is 0.429. The van der Waals surface area contributed by atoms with Crippen LogP contribution in [0.15, 0.2) is 36.8 Å². The van der Waals surface area contributed by atoms with E-state index in [2.05, 4.69) is 29.4 Å². The molecule has 2 heterocycles. The minimum atomic E-state index is 0.0361. The summed E-state index contributed by atoms with van der Waals surface area (Å²) in [6.45, 7) is 4.32. The molecule has 2 unspecified atom stereocenters. The van der Waals surface area contributed by atoms with Gasteiger partial charge in [-0.05, 0) is 31.0 Å². The summed E-state index contributed by atoms with van der Waals surface area (Å²) in [5.41, 5.74) is 4.94. The Morgan fingerprint density at radius 2 is 2.26 bits per heavy atom. The fourth-order valence-corrected chi connectivity index (χ4v) is 1.98. The Balaban J connectivity index is 2.09. The molecule has 2 aromatic heterocycles. The third-order valence-electron chi connectivity index (χ3n) is 3.41. The van der Waals surface area contributed by atoms with Gasteiger partial charge in [0.1, 0.15) is 0 Å². The van der Waals surface area contributed by atoms with Crippen molar-refractivity contribution in [2.75, 3.05) is 0 Å². The summed E-state index contributed by atoms with van der Waals surface area (Å²) in [4.78, 5) is 4.12. The van der Waals surface area contributed by atoms with Crippen molar-refractivity contribution in [1.29, 1.82) is 0 Å². The molecule has 0 radical (unpaired) electrons. The lowest BCUT2D eigenvalue weighted by Crippen LogP contribution is -2.29. The van der Waals surface area contributed by atoms with Crippen molar-refractivity contribution < 1.29 is 0 Å². The zero-order valence-corrected chi connectivity index (χ0v) is 11.5. The smallest absolute Gasteiger partial charge is 0.0644 e. The maximum absolute atomic E-state index is 5.63. The molecule has 2 aromatic rings. The first-order valence-electron chi connectivity index (χ1n) is 6.64. The van der Waals surface area contributed by atoms with Crippen molar-refractivity contribution in [2.45, 2.75) is 38.8 Å². The summed E-state index contributed by atoms with van der Waals surface area (Å²) in [7, 11) is 0. The van der Waals surface area contributed by atoms with Crippen LogP contribution in [0.25, 0.3) is 0 Å². The van der Waals surface area contributed by atoms with Crippen LogP contribution in [-0.4, -0.2) is 14.8 Å². The van der Waals surface area contributed by atoms with Crippen LogP contribution in [0.5, 0.6) is 0 Å². The number of hydrogen-bond donors (Lipinski definition) is 2. The van der Waals surface area contributed by atoms with Crippen molar-refractivity contribution >= 4 is 0 Å². The topological polar surface area (TPSA) is 68.8 Å². The van der Waals surface area contributed by atoms with E-state index >= 15 is 0 Å². The second kappa shape index (κ2) is 6.45. The van der Waals surface area contributed by atoms with Gasteiger partial charge in [-0.25, -0.2) is 0 Å². The molecular weight excluding hydrogens is 238 g/mol. The van der Waals surface area contributed by atoms with Crippen molar-refractivity contribution in [3.8, 4) is 0 Å². The Morgan fingerprint density at radius 1 is 1.42 bits per heavy atom. The number of pyridine rings is 1. The number of aromatic nitrogens is 3. The quantitative estimate of drug-likeness (QED) is 0.615. The largest absolute Gasteiger partial charge is 0.271 e. The molecule has 0 saturated carbocycles. The summed E-state index contributed by atoms with van der Waals surface area (Å²) in [6, 6.07) is 6.44. The Bertz CT molecular complexity index is 494. The normalized spacial score (nSPS) is 14.3. The van der Waals surface area contributed by atoms with Crippen molar-refractivity contribution in [2.24, 2.45) is 5.84 Å². The van der Waals surface area contributed by atoms with E-state index < -0.39 is 0 Å². The molecule has 2 rings (SSSR count). The monoisotopic (exact) mass is 259 g/mol. The van der Waals surface area contributed by atoms with Crippen LogP contribution in [0.4, 0.5) is 0 Å². The summed E-state index contributed by atoms with van der Waals surface area (Å²) in [6.07, 6.45) is 7.44. The van der Waals surface area contributed by atoms with Gasteiger partial charge in [-0.3, -0.25) is 20.9 Å². The number of nitrogens with one attached hydrogen (secondary N) is 1. The SMILES string of the molecule is CCC(C)n1ccc(CC(NN)c2cccnc2)n1. The Hall–Kier alpha value is -1.72. The number of hydrazine groups is 1. The summed E-state index contributed by atoms with van der Waals surface area (Å²) in [5.74, 6) is 5.63. The number of nitrogens with two attached hydrogens (primary N) is 1. The first-order valence-corrected chi connectivity index (χ1v) is 6.64. The second-order valence-electron chi connectivity index (χ2n) is 4.75. The van der Waals surface area contributed by atoms with Crippen LogP contribution < -0.4 is 11.3 Å². The van der Waals surface area contributed by atoms with Gasteiger partial charge in [-0.2, -0.15) is 5.10 Å². The number of hydrogen-bond acceptors (Lipinski definition) is 4. The van der Waals surface area contributed by atoms with E-state index in [9.17, 15) is 0 Å². The molecular formula is C14H21N5. The molecule has 3 N–H and O–H groups in total. The average molecular weight is 259 g/mol. The van der Waals surface area contributed by atoms with Crippen LogP contribution >= 0.6 is 0 Å². The lowest BCUT2D eigenvalue weighted by molar-refractivity contribution is 0.467. The fourth-order valence-electron chi connectivity index (χ4n) is 1.98. The molecule has 2 atom stereocenters. The van der Waals surface area contributed by atoms with Crippen molar-refractivity contribution in [3.63, 3.8) is 0 Å². The first kappa shape index (κ1) is 13.7. The van der Waals surface area contributed by atoms with E-state index in [0.717, 1.165) is 24.1 Å². The highest BCUT2D eigenvalue weighted by atomic mass is 15.3. The molecule has 0 amide bonds. The molecule has 0 bridgehead atoms. The summed E-state index contributed by atoms with van der Waals surface area (Å²) >= 11 is 0. The van der Waals surface area contributed by atoms with Gasteiger partial charge in [0.25, 0.3) is 0 Å². The average Bonchev–Trinajstić information content (AvgIpc) is 2.93. The van der Waals surface area contributed by atoms with Gasteiger partial charge >= 0.3 is 0 Å². The van der Waals surface area contributed by atoms with Gasteiger partial charge in [-0.1, -0.05) is 13.0 Å². The summed E-state index contributed by atoms with van der Waals surface area (Å²) < 4.78 is 2.01. The van der Waals surface area contributed by atoms with Gasteiger partial charge in [0.2, 0.25) is 0 Å². The molecule has 0 aliphatic heterocycles. The Morgan fingerprint density at radius 3 is 2.89 bits per heavy atom. The van der Waals surface area contributed by atoms with E-state index in [0.29, 0.717) is 6.04 Å². The minimum Gasteiger partial charge on any atom is -0.271 e. The predicted molar refractivity (Wildman–Crippen MR) is 75.2 cm³/mol. The van der Waals surface area contributed by atoms with Gasteiger partial charge < -0.3 is 0 Å². The van der Waals surface area contributed by atoms with Gasteiger partial charge in [0.15, 0.2) is 0 Å².